The number of rotatable bonds is 3. The van der Waals surface area contributed by atoms with Crippen LogP contribution in [0.4, 0.5) is 0 Å². The van der Waals surface area contributed by atoms with Crippen LogP contribution in [0.1, 0.15) is 5.01 Å². The molecule has 3 nitrogen and oxygen atoms in total. The number of para-hydroxylation sites is 1. The molecule has 0 fully saturated rings. The number of aromatic hydroxyl groups is 1. The number of halogens is 1. The van der Waals surface area contributed by atoms with E-state index in [9.17, 15) is 5.11 Å². The third kappa shape index (κ3) is 2.84. The Morgan fingerprint density at radius 3 is 2.80 bits per heavy atom. The fourth-order valence-electron chi connectivity index (χ4n) is 1.01. The molecule has 0 saturated carbocycles. The van der Waals surface area contributed by atoms with Crippen LogP contribution >= 0.6 is 34.7 Å². The van der Waals surface area contributed by atoms with Crippen LogP contribution < -0.4 is 0 Å². The molecule has 0 aliphatic rings. The number of benzene rings is 1. The van der Waals surface area contributed by atoms with Gasteiger partial charge in [-0.3, -0.25) is 0 Å². The van der Waals surface area contributed by atoms with E-state index in [0.717, 1.165) is 9.90 Å². The summed E-state index contributed by atoms with van der Waals surface area (Å²) in [5, 5.41) is 18.0. The van der Waals surface area contributed by atoms with Gasteiger partial charge in [-0.1, -0.05) is 23.5 Å². The third-order valence-corrected chi connectivity index (χ3v) is 3.93. The molecule has 1 heterocycles. The summed E-state index contributed by atoms with van der Waals surface area (Å²) in [5.74, 6) is 0.959. The monoisotopic (exact) mass is 258 g/mol. The first-order chi connectivity index (χ1) is 7.25. The maximum Gasteiger partial charge on any atom is 0.207 e. The van der Waals surface area contributed by atoms with Gasteiger partial charge >= 0.3 is 0 Å². The van der Waals surface area contributed by atoms with Gasteiger partial charge in [-0.2, -0.15) is 0 Å². The molecule has 0 saturated heterocycles. The summed E-state index contributed by atoms with van der Waals surface area (Å²) < 4.78 is 0.447. The van der Waals surface area contributed by atoms with Gasteiger partial charge in [-0.15, -0.1) is 22.0 Å². The van der Waals surface area contributed by atoms with E-state index in [4.69, 9.17) is 11.6 Å². The molecule has 1 N–H and O–H groups in total. The molecule has 1 aromatic carbocycles. The standard InChI is InChI=1S/C9H7ClN2OS2/c10-9-12-11-8(15-9)5-14-7-4-2-1-3-6(7)13/h1-4,13H,5H2. The Morgan fingerprint density at radius 2 is 2.13 bits per heavy atom. The molecule has 1 aromatic heterocycles. The lowest BCUT2D eigenvalue weighted by Gasteiger charge is -2.00. The zero-order valence-electron chi connectivity index (χ0n) is 7.55. The predicted molar refractivity (Wildman–Crippen MR) is 62.6 cm³/mol. The van der Waals surface area contributed by atoms with E-state index in [1.54, 1.807) is 12.1 Å². The smallest absolute Gasteiger partial charge is 0.207 e. The van der Waals surface area contributed by atoms with Gasteiger partial charge in [0.2, 0.25) is 4.47 Å². The highest BCUT2D eigenvalue weighted by Gasteiger charge is 2.05. The van der Waals surface area contributed by atoms with Gasteiger partial charge < -0.3 is 5.11 Å². The SMILES string of the molecule is Oc1ccccc1SCc1nnc(Cl)s1. The minimum absolute atomic E-state index is 0.290. The van der Waals surface area contributed by atoms with Crippen LogP contribution in [0.5, 0.6) is 5.75 Å². The second-order valence-corrected chi connectivity index (χ2v) is 5.37. The zero-order valence-corrected chi connectivity index (χ0v) is 9.94. The van der Waals surface area contributed by atoms with Gasteiger partial charge in [-0.25, -0.2) is 0 Å². The van der Waals surface area contributed by atoms with Gasteiger partial charge in [0.1, 0.15) is 10.8 Å². The number of hydrogen-bond acceptors (Lipinski definition) is 5. The first-order valence-corrected chi connectivity index (χ1v) is 6.32. The topological polar surface area (TPSA) is 46.0 Å². The van der Waals surface area contributed by atoms with Crippen LogP contribution in [0.2, 0.25) is 4.47 Å². The number of hydrogen-bond donors (Lipinski definition) is 1. The Kier molecular flexibility index (Phi) is 3.45. The molecule has 2 rings (SSSR count). The maximum atomic E-state index is 9.51. The molecular weight excluding hydrogens is 252 g/mol. The highest BCUT2D eigenvalue weighted by molar-refractivity contribution is 7.98. The van der Waals surface area contributed by atoms with Crippen LogP contribution in [-0.2, 0) is 5.75 Å². The highest BCUT2D eigenvalue weighted by Crippen LogP contribution is 2.31. The summed E-state index contributed by atoms with van der Waals surface area (Å²) in [6.07, 6.45) is 0. The van der Waals surface area contributed by atoms with Gasteiger partial charge in [-0.05, 0) is 23.7 Å². The first-order valence-electron chi connectivity index (χ1n) is 4.14. The van der Waals surface area contributed by atoms with Crippen molar-refractivity contribution < 1.29 is 5.11 Å². The Bertz CT molecular complexity index is 461. The number of nitrogens with zero attached hydrogens (tertiary/aromatic N) is 2. The quantitative estimate of drug-likeness (QED) is 0.859. The summed E-state index contributed by atoms with van der Waals surface area (Å²) >= 11 is 8.53. The Hall–Kier alpha value is -0.780. The predicted octanol–water partition coefficient (Wildman–Crippen LogP) is 3.19. The Labute approximate surface area is 100 Å². The van der Waals surface area contributed by atoms with Crippen molar-refractivity contribution in [1.82, 2.24) is 10.2 Å². The molecule has 0 spiro atoms. The number of aromatic nitrogens is 2. The molecule has 15 heavy (non-hydrogen) atoms. The lowest BCUT2D eigenvalue weighted by Crippen LogP contribution is -1.79. The fourth-order valence-corrected chi connectivity index (χ4v) is 2.81. The van der Waals surface area contributed by atoms with Crippen molar-refractivity contribution in [3.8, 4) is 5.75 Å². The van der Waals surface area contributed by atoms with Crippen molar-refractivity contribution in [1.29, 1.82) is 0 Å². The molecule has 0 atom stereocenters. The summed E-state index contributed by atoms with van der Waals surface area (Å²) in [6.45, 7) is 0. The average Bonchev–Trinajstić information content (AvgIpc) is 2.63. The third-order valence-electron chi connectivity index (χ3n) is 1.66. The van der Waals surface area contributed by atoms with E-state index in [0.29, 0.717) is 10.2 Å². The van der Waals surface area contributed by atoms with E-state index in [1.807, 2.05) is 12.1 Å². The van der Waals surface area contributed by atoms with E-state index in [1.165, 1.54) is 23.1 Å². The van der Waals surface area contributed by atoms with Crippen LogP contribution in [0.3, 0.4) is 0 Å². The van der Waals surface area contributed by atoms with Gasteiger partial charge in [0.25, 0.3) is 0 Å². The Morgan fingerprint density at radius 1 is 1.33 bits per heavy atom. The maximum absolute atomic E-state index is 9.51. The molecule has 78 valence electrons. The first kappa shape index (κ1) is 10.7. The summed E-state index contributed by atoms with van der Waals surface area (Å²) in [7, 11) is 0. The van der Waals surface area contributed by atoms with E-state index >= 15 is 0 Å². The van der Waals surface area contributed by atoms with E-state index < -0.39 is 0 Å². The van der Waals surface area contributed by atoms with E-state index in [2.05, 4.69) is 10.2 Å². The molecule has 0 unspecified atom stereocenters. The lowest BCUT2D eigenvalue weighted by molar-refractivity contribution is 0.462. The fraction of sp³-hybridized carbons (Fsp3) is 0.111. The van der Waals surface area contributed by atoms with Crippen LogP contribution in [0.25, 0.3) is 0 Å². The van der Waals surface area contributed by atoms with Crippen molar-refractivity contribution in [2.75, 3.05) is 0 Å². The average molecular weight is 259 g/mol. The van der Waals surface area contributed by atoms with E-state index in [-0.39, 0.29) is 5.75 Å². The number of phenolic OH excluding ortho intramolecular Hbond substituents is 1. The number of thioether (sulfide) groups is 1. The zero-order chi connectivity index (χ0) is 10.7. The second kappa shape index (κ2) is 4.83. The van der Waals surface area contributed by atoms with Crippen LogP contribution in [0.15, 0.2) is 29.2 Å². The largest absolute Gasteiger partial charge is 0.507 e. The lowest BCUT2D eigenvalue weighted by atomic mass is 10.3. The molecule has 0 aliphatic heterocycles. The Balaban J connectivity index is 2.02. The van der Waals surface area contributed by atoms with Crippen LogP contribution in [-0.4, -0.2) is 15.3 Å². The summed E-state index contributed by atoms with van der Waals surface area (Å²) in [5.41, 5.74) is 0. The number of phenols is 1. The van der Waals surface area contributed by atoms with Crippen LogP contribution in [0, 0.1) is 0 Å². The molecule has 2 aromatic rings. The van der Waals surface area contributed by atoms with Gasteiger partial charge in [0.15, 0.2) is 0 Å². The molecular formula is C9H7ClN2OS2. The second-order valence-electron chi connectivity index (χ2n) is 2.71. The normalized spacial score (nSPS) is 10.5. The van der Waals surface area contributed by atoms with Crippen molar-refractivity contribution in [2.45, 2.75) is 10.6 Å². The van der Waals surface area contributed by atoms with Gasteiger partial charge in [0.05, 0.1) is 5.75 Å². The molecule has 0 amide bonds. The van der Waals surface area contributed by atoms with Crippen molar-refractivity contribution >= 4 is 34.7 Å². The van der Waals surface area contributed by atoms with Crippen molar-refractivity contribution in [2.24, 2.45) is 0 Å². The minimum Gasteiger partial charge on any atom is -0.507 e. The molecule has 6 heteroatoms. The van der Waals surface area contributed by atoms with Crippen molar-refractivity contribution in [3.63, 3.8) is 0 Å². The van der Waals surface area contributed by atoms with Crippen molar-refractivity contribution in [3.05, 3.63) is 33.7 Å². The minimum atomic E-state index is 0.290. The molecule has 0 bridgehead atoms. The molecule has 0 aliphatic carbocycles. The molecule has 0 radical (unpaired) electrons. The highest BCUT2D eigenvalue weighted by atomic mass is 35.5. The summed E-state index contributed by atoms with van der Waals surface area (Å²) in [6, 6.07) is 7.20. The summed E-state index contributed by atoms with van der Waals surface area (Å²) in [4.78, 5) is 0.837. The van der Waals surface area contributed by atoms with Gasteiger partial charge in [0, 0.05) is 4.90 Å².